The van der Waals surface area contributed by atoms with Gasteiger partial charge >= 0.3 is 0 Å². The summed E-state index contributed by atoms with van der Waals surface area (Å²) in [5.74, 6) is 0.00220. The smallest absolute Gasteiger partial charge is 0.225 e. The van der Waals surface area contributed by atoms with Crippen molar-refractivity contribution in [1.82, 2.24) is 15.1 Å². The first-order valence-electron chi connectivity index (χ1n) is 8.29. The molecule has 1 N–H and O–H groups in total. The van der Waals surface area contributed by atoms with Gasteiger partial charge in [0, 0.05) is 10.7 Å². The molecule has 1 atom stereocenters. The van der Waals surface area contributed by atoms with E-state index in [1.807, 2.05) is 60.8 Å². The Hall–Kier alpha value is -2.40. The van der Waals surface area contributed by atoms with Crippen molar-refractivity contribution in [3.63, 3.8) is 0 Å². The number of carbonyl (C=O) groups excluding carboxylic acids is 1. The Kier molecular flexibility index (Phi) is 5.66. The number of nitrogens with one attached hydrogen (secondary N) is 1. The zero-order valence-corrected chi connectivity index (χ0v) is 15.6. The lowest BCUT2D eigenvalue weighted by Gasteiger charge is -2.17. The van der Waals surface area contributed by atoms with Gasteiger partial charge in [0.05, 0.1) is 24.3 Å². The van der Waals surface area contributed by atoms with Crippen LogP contribution < -0.4 is 5.32 Å². The molecule has 3 aromatic rings. The minimum absolute atomic E-state index is 0.00220. The molecular formula is C20H20BrN3O. The fourth-order valence-corrected chi connectivity index (χ4v) is 2.98. The van der Waals surface area contributed by atoms with Crippen LogP contribution in [-0.4, -0.2) is 15.7 Å². The third-order valence-electron chi connectivity index (χ3n) is 4.04. The normalized spacial score (nSPS) is 11.9. The number of carbonyl (C=O) groups is 1. The molecule has 0 radical (unpaired) electrons. The lowest BCUT2D eigenvalue weighted by atomic mass is 10.0. The van der Waals surface area contributed by atoms with E-state index in [0.29, 0.717) is 6.42 Å². The number of benzene rings is 2. The van der Waals surface area contributed by atoms with Gasteiger partial charge in [-0.1, -0.05) is 53.2 Å². The van der Waals surface area contributed by atoms with Gasteiger partial charge in [0.25, 0.3) is 0 Å². The summed E-state index contributed by atoms with van der Waals surface area (Å²) >= 11 is 3.44. The standard InChI is InChI=1S/C20H20BrN3O/c1-2-19(16-8-10-17(21)11-9-16)23-20(25)12-15-13-22-24(14-15)18-6-4-3-5-7-18/h3-11,13-14,19H,2,12H2,1H3,(H,23,25). The summed E-state index contributed by atoms with van der Waals surface area (Å²) in [7, 11) is 0. The highest BCUT2D eigenvalue weighted by Crippen LogP contribution is 2.19. The number of aromatic nitrogens is 2. The quantitative estimate of drug-likeness (QED) is 0.667. The van der Waals surface area contributed by atoms with E-state index in [-0.39, 0.29) is 11.9 Å². The maximum Gasteiger partial charge on any atom is 0.225 e. The summed E-state index contributed by atoms with van der Waals surface area (Å²) in [6.07, 6.45) is 4.80. The van der Waals surface area contributed by atoms with Gasteiger partial charge in [-0.3, -0.25) is 4.79 Å². The topological polar surface area (TPSA) is 46.9 Å². The highest BCUT2D eigenvalue weighted by molar-refractivity contribution is 9.10. The Morgan fingerprint density at radius 3 is 2.56 bits per heavy atom. The van der Waals surface area contributed by atoms with E-state index >= 15 is 0 Å². The molecule has 0 bridgehead atoms. The first-order chi connectivity index (χ1) is 12.2. The highest BCUT2D eigenvalue weighted by Gasteiger charge is 2.14. The third kappa shape index (κ3) is 4.57. The lowest BCUT2D eigenvalue weighted by Crippen LogP contribution is -2.29. The van der Waals surface area contributed by atoms with Gasteiger partial charge < -0.3 is 5.32 Å². The first-order valence-corrected chi connectivity index (χ1v) is 9.09. The second kappa shape index (κ2) is 8.12. The number of nitrogens with zero attached hydrogens (tertiary/aromatic N) is 2. The van der Waals surface area contributed by atoms with Crippen LogP contribution in [0.5, 0.6) is 0 Å². The molecule has 5 heteroatoms. The van der Waals surface area contributed by atoms with Crippen molar-refractivity contribution < 1.29 is 4.79 Å². The van der Waals surface area contributed by atoms with Crippen LogP contribution in [-0.2, 0) is 11.2 Å². The molecule has 0 saturated heterocycles. The third-order valence-corrected chi connectivity index (χ3v) is 4.57. The fourth-order valence-electron chi connectivity index (χ4n) is 2.72. The molecule has 4 nitrogen and oxygen atoms in total. The Balaban J connectivity index is 1.64. The summed E-state index contributed by atoms with van der Waals surface area (Å²) in [5.41, 5.74) is 2.99. The molecule has 0 fully saturated rings. The van der Waals surface area contributed by atoms with Crippen LogP contribution in [0.1, 0.15) is 30.5 Å². The zero-order valence-electron chi connectivity index (χ0n) is 14.0. The zero-order chi connectivity index (χ0) is 17.6. The lowest BCUT2D eigenvalue weighted by molar-refractivity contribution is -0.121. The van der Waals surface area contributed by atoms with Crippen LogP contribution in [0.3, 0.4) is 0 Å². The van der Waals surface area contributed by atoms with Crippen molar-refractivity contribution in [2.24, 2.45) is 0 Å². The number of halogens is 1. The van der Waals surface area contributed by atoms with Gasteiger partial charge in [-0.05, 0) is 41.8 Å². The van der Waals surface area contributed by atoms with Crippen LogP contribution in [0, 0.1) is 0 Å². The van der Waals surface area contributed by atoms with E-state index in [9.17, 15) is 4.79 Å². The van der Waals surface area contributed by atoms with E-state index in [1.54, 1.807) is 10.9 Å². The number of rotatable bonds is 6. The van der Waals surface area contributed by atoms with Gasteiger partial charge in [-0.25, -0.2) is 4.68 Å². The molecule has 0 aliphatic rings. The van der Waals surface area contributed by atoms with E-state index < -0.39 is 0 Å². The van der Waals surface area contributed by atoms with Crippen molar-refractivity contribution >= 4 is 21.8 Å². The van der Waals surface area contributed by atoms with Gasteiger partial charge in [0.1, 0.15) is 0 Å². The van der Waals surface area contributed by atoms with E-state index in [1.165, 1.54) is 0 Å². The van der Waals surface area contributed by atoms with Crippen LogP contribution in [0.25, 0.3) is 5.69 Å². The molecule has 3 rings (SSSR count). The molecule has 2 aromatic carbocycles. The van der Waals surface area contributed by atoms with Crippen LogP contribution in [0.4, 0.5) is 0 Å². The van der Waals surface area contributed by atoms with Crippen molar-refractivity contribution in [2.75, 3.05) is 0 Å². The predicted octanol–water partition coefficient (Wildman–Crippen LogP) is 4.44. The summed E-state index contributed by atoms with van der Waals surface area (Å²) in [6, 6.07) is 17.9. The second-order valence-electron chi connectivity index (χ2n) is 5.89. The van der Waals surface area contributed by atoms with E-state index in [2.05, 4.69) is 33.3 Å². The number of hydrogen-bond donors (Lipinski definition) is 1. The largest absolute Gasteiger partial charge is 0.349 e. The average Bonchev–Trinajstić information content (AvgIpc) is 3.10. The Labute approximate surface area is 156 Å². The molecule has 0 saturated carbocycles. The summed E-state index contributed by atoms with van der Waals surface area (Å²) in [4.78, 5) is 12.4. The Morgan fingerprint density at radius 2 is 1.88 bits per heavy atom. The van der Waals surface area contributed by atoms with Gasteiger partial charge in [-0.2, -0.15) is 5.10 Å². The molecular weight excluding hydrogens is 378 g/mol. The minimum Gasteiger partial charge on any atom is -0.349 e. The number of amides is 1. The Morgan fingerprint density at radius 1 is 1.16 bits per heavy atom. The van der Waals surface area contributed by atoms with Gasteiger partial charge in [-0.15, -0.1) is 0 Å². The van der Waals surface area contributed by atoms with Crippen LogP contribution in [0.15, 0.2) is 71.5 Å². The predicted molar refractivity (Wildman–Crippen MR) is 103 cm³/mol. The summed E-state index contributed by atoms with van der Waals surface area (Å²) in [6.45, 7) is 2.07. The molecule has 0 aliphatic heterocycles. The molecule has 0 aliphatic carbocycles. The van der Waals surface area contributed by atoms with Crippen molar-refractivity contribution in [3.8, 4) is 5.69 Å². The number of hydrogen-bond acceptors (Lipinski definition) is 2. The maximum atomic E-state index is 12.4. The Bertz CT molecular complexity index is 828. The highest BCUT2D eigenvalue weighted by atomic mass is 79.9. The molecule has 0 spiro atoms. The van der Waals surface area contributed by atoms with E-state index in [4.69, 9.17) is 0 Å². The SMILES string of the molecule is CCC(NC(=O)Cc1cnn(-c2ccccc2)c1)c1ccc(Br)cc1. The number of para-hydroxylation sites is 1. The van der Waals surface area contributed by atoms with Crippen molar-refractivity contribution in [1.29, 1.82) is 0 Å². The molecule has 1 heterocycles. The van der Waals surface area contributed by atoms with Crippen molar-refractivity contribution in [3.05, 3.63) is 82.6 Å². The maximum absolute atomic E-state index is 12.4. The minimum atomic E-state index is 0.00220. The van der Waals surface area contributed by atoms with Gasteiger partial charge in [0.2, 0.25) is 5.91 Å². The fraction of sp³-hybridized carbons (Fsp3) is 0.200. The molecule has 25 heavy (non-hydrogen) atoms. The van der Waals surface area contributed by atoms with Gasteiger partial charge in [0.15, 0.2) is 0 Å². The summed E-state index contributed by atoms with van der Waals surface area (Å²) < 4.78 is 2.82. The van der Waals surface area contributed by atoms with Crippen LogP contribution >= 0.6 is 15.9 Å². The van der Waals surface area contributed by atoms with Crippen molar-refractivity contribution in [2.45, 2.75) is 25.8 Å². The molecule has 1 unspecified atom stereocenters. The molecule has 1 aromatic heterocycles. The average molecular weight is 398 g/mol. The monoisotopic (exact) mass is 397 g/mol. The molecule has 128 valence electrons. The van der Waals surface area contributed by atoms with Crippen LogP contribution in [0.2, 0.25) is 0 Å². The molecule has 1 amide bonds. The first kappa shape index (κ1) is 17.4. The second-order valence-corrected chi connectivity index (χ2v) is 6.80. The summed E-state index contributed by atoms with van der Waals surface area (Å²) in [5, 5.41) is 7.45. The van der Waals surface area contributed by atoms with E-state index in [0.717, 1.165) is 27.7 Å².